The van der Waals surface area contributed by atoms with E-state index in [1.54, 1.807) is 6.07 Å². The number of Topliss-reactive ketones (excluding diaryl/α,β-unsaturated/α-hetero) is 1. The van der Waals surface area contributed by atoms with Gasteiger partial charge in [0.25, 0.3) is 0 Å². The number of hydrogen-bond acceptors (Lipinski definition) is 4. The van der Waals surface area contributed by atoms with E-state index in [2.05, 4.69) is 11.8 Å². The average molecular weight is 249 g/mol. The monoisotopic (exact) mass is 249 g/mol. The largest absolute Gasteiger partial charge is 0.504 e. The van der Waals surface area contributed by atoms with Crippen molar-refractivity contribution in [3.05, 3.63) is 23.8 Å². The van der Waals surface area contributed by atoms with E-state index in [0.717, 1.165) is 19.4 Å². The molecule has 0 aromatic heterocycles. The summed E-state index contributed by atoms with van der Waals surface area (Å²) in [5.74, 6) is -0.454. The zero-order valence-corrected chi connectivity index (χ0v) is 10.6. The van der Waals surface area contributed by atoms with Crippen molar-refractivity contribution in [2.45, 2.75) is 32.2 Å². The van der Waals surface area contributed by atoms with Gasteiger partial charge in [-0.15, -0.1) is 0 Å². The summed E-state index contributed by atoms with van der Waals surface area (Å²) in [6.07, 6.45) is 3.50. The van der Waals surface area contributed by atoms with Gasteiger partial charge in [-0.05, 0) is 44.5 Å². The molecule has 1 atom stereocenters. The normalized spacial score (nSPS) is 20.8. The topological polar surface area (TPSA) is 60.8 Å². The van der Waals surface area contributed by atoms with Crippen molar-refractivity contribution < 1.29 is 15.0 Å². The number of piperidine rings is 1. The zero-order valence-electron chi connectivity index (χ0n) is 10.6. The maximum atomic E-state index is 12.1. The van der Waals surface area contributed by atoms with Gasteiger partial charge in [0, 0.05) is 11.6 Å². The summed E-state index contributed by atoms with van der Waals surface area (Å²) >= 11 is 0. The van der Waals surface area contributed by atoms with Gasteiger partial charge < -0.3 is 10.2 Å². The molecular weight excluding hydrogens is 230 g/mol. The lowest BCUT2D eigenvalue weighted by Gasteiger charge is -2.32. The third kappa shape index (κ3) is 2.82. The van der Waals surface area contributed by atoms with E-state index >= 15 is 0 Å². The van der Waals surface area contributed by atoms with Crippen LogP contribution in [-0.2, 0) is 0 Å². The Hall–Kier alpha value is -1.55. The smallest absolute Gasteiger partial charge is 0.176 e. The number of rotatable bonds is 3. The van der Waals surface area contributed by atoms with Gasteiger partial charge in [-0.2, -0.15) is 0 Å². The van der Waals surface area contributed by atoms with Crippen molar-refractivity contribution in [2.24, 2.45) is 0 Å². The first-order chi connectivity index (χ1) is 8.58. The highest BCUT2D eigenvalue weighted by Crippen LogP contribution is 2.25. The number of carbonyl (C=O) groups excluding carboxylic acids is 1. The van der Waals surface area contributed by atoms with Crippen LogP contribution in [0.5, 0.6) is 11.5 Å². The first-order valence-corrected chi connectivity index (χ1v) is 6.37. The molecule has 1 aliphatic heterocycles. The van der Waals surface area contributed by atoms with Crippen LogP contribution in [0.2, 0.25) is 0 Å². The van der Waals surface area contributed by atoms with E-state index in [1.165, 1.54) is 18.6 Å². The minimum Gasteiger partial charge on any atom is -0.504 e. The highest BCUT2D eigenvalue weighted by atomic mass is 16.3. The van der Waals surface area contributed by atoms with Gasteiger partial charge in [0.15, 0.2) is 17.3 Å². The Morgan fingerprint density at radius 2 is 2.11 bits per heavy atom. The van der Waals surface area contributed by atoms with Crippen molar-refractivity contribution >= 4 is 5.78 Å². The molecule has 2 rings (SSSR count). The third-order valence-corrected chi connectivity index (χ3v) is 3.58. The standard InChI is InChI=1S/C14H19NO3/c1-10-4-2-3-7-15(10)9-14(18)11-5-6-12(16)13(17)8-11/h5-6,8,10,16-17H,2-4,7,9H2,1H3. The van der Waals surface area contributed by atoms with Crippen LogP contribution in [0.15, 0.2) is 18.2 Å². The summed E-state index contributed by atoms with van der Waals surface area (Å²) in [5.41, 5.74) is 0.447. The first-order valence-electron chi connectivity index (χ1n) is 6.37. The van der Waals surface area contributed by atoms with Gasteiger partial charge in [0.1, 0.15) is 0 Å². The van der Waals surface area contributed by atoms with Gasteiger partial charge in [-0.3, -0.25) is 9.69 Å². The zero-order chi connectivity index (χ0) is 13.1. The quantitative estimate of drug-likeness (QED) is 0.636. The fraction of sp³-hybridized carbons (Fsp3) is 0.500. The number of carbonyl (C=O) groups is 1. The molecule has 4 nitrogen and oxygen atoms in total. The molecule has 0 bridgehead atoms. The van der Waals surface area contributed by atoms with Crippen LogP contribution in [0.1, 0.15) is 36.5 Å². The molecule has 1 fully saturated rings. The van der Waals surface area contributed by atoms with E-state index in [0.29, 0.717) is 18.2 Å². The summed E-state index contributed by atoms with van der Waals surface area (Å²) < 4.78 is 0. The molecule has 1 aliphatic rings. The Balaban J connectivity index is 2.04. The number of phenols is 2. The second-order valence-corrected chi connectivity index (χ2v) is 4.94. The minimum absolute atomic E-state index is 0.0148. The third-order valence-electron chi connectivity index (χ3n) is 3.58. The van der Waals surface area contributed by atoms with E-state index in [4.69, 9.17) is 0 Å². The fourth-order valence-electron chi connectivity index (χ4n) is 2.37. The highest BCUT2D eigenvalue weighted by molar-refractivity contribution is 5.98. The molecule has 1 aromatic rings. The number of likely N-dealkylation sites (tertiary alicyclic amines) is 1. The second kappa shape index (κ2) is 5.40. The molecular formula is C14H19NO3. The van der Waals surface area contributed by atoms with E-state index < -0.39 is 0 Å². The highest BCUT2D eigenvalue weighted by Gasteiger charge is 2.21. The molecule has 1 saturated heterocycles. The Bertz CT molecular complexity index is 445. The van der Waals surface area contributed by atoms with Crippen molar-refractivity contribution in [1.82, 2.24) is 4.90 Å². The number of benzene rings is 1. The molecule has 0 radical (unpaired) electrons. The molecule has 18 heavy (non-hydrogen) atoms. The predicted octanol–water partition coefficient (Wildman–Crippen LogP) is 2.15. The van der Waals surface area contributed by atoms with Gasteiger partial charge in [-0.1, -0.05) is 6.42 Å². The molecule has 0 aliphatic carbocycles. The molecule has 1 aromatic carbocycles. The Morgan fingerprint density at radius 1 is 1.33 bits per heavy atom. The number of nitrogens with zero attached hydrogens (tertiary/aromatic N) is 1. The molecule has 0 saturated carbocycles. The molecule has 2 N–H and O–H groups in total. The maximum Gasteiger partial charge on any atom is 0.176 e. The maximum absolute atomic E-state index is 12.1. The average Bonchev–Trinajstić information content (AvgIpc) is 2.35. The summed E-state index contributed by atoms with van der Waals surface area (Å²) in [7, 11) is 0. The predicted molar refractivity (Wildman–Crippen MR) is 69.0 cm³/mol. The lowest BCUT2D eigenvalue weighted by Crippen LogP contribution is -2.40. The Morgan fingerprint density at radius 3 is 2.78 bits per heavy atom. The molecule has 4 heteroatoms. The Kier molecular flexibility index (Phi) is 3.87. The van der Waals surface area contributed by atoms with Crippen LogP contribution in [0.25, 0.3) is 0 Å². The van der Waals surface area contributed by atoms with Crippen LogP contribution < -0.4 is 0 Å². The number of aromatic hydroxyl groups is 2. The van der Waals surface area contributed by atoms with Crippen molar-refractivity contribution in [2.75, 3.05) is 13.1 Å². The molecule has 1 unspecified atom stereocenters. The van der Waals surface area contributed by atoms with Gasteiger partial charge in [-0.25, -0.2) is 0 Å². The van der Waals surface area contributed by atoms with E-state index in [-0.39, 0.29) is 17.3 Å². The second-order valence-electron chi connectivity index (χ2n) is 4.94. The van der Waals surface area contributed by atoms with Crippen LogP contribution in [0.4, 0.5) is 0 Å². The lowest BCUT2D eigenvalue weighted by atomic mass is 10.0. The van der Waals surface area contributed by atoms with Crippen LogP contribution in [-0.4, -0.2) is 40.0 Å². The first kappa shape index (κ1) is 12.9. The lowest BCUT2D eigenvalue weighted by molar-refractivity contribution is 0.0860. The summed E-state index contributed by atoms with van der Waals surface area (Å²) in [5, 5.41) is 18.6. The van der Waals surface area contributed by atoms with Gasteiger partial charge in [0.05, 0.1) is 6.54 Å². The summed E-state index contributed by atoms with van der Waals surface area (Å²) in [4.78, 5) is 14.3. The van der Waals surface area contributed by atoms with Gasteiger partial charge >= 0.3 is 0 Å². The summed E-state index contributed by atoms with van der Waals surface area (Å²) in [6, 6.07) is 4.66. The van der Waals surface area contributed by atoms with Crippen molar-refractivity contribution in [1.29, 1.82) is 0 Å². The fourth-order valence-corrected chi connectivity index (χ4v) is 2.37. The van der Waals surface area contributed by atoms with E-state index in [9.17, 15) is 15.0 Å². The molecule has 0 spiro atoms. The molecule has 0 amide bonds. The number of phenolic OH excluding ortho intramolecular Hbond substituents is 2. The van der Waals surface area contributed by atoms with Crippen LogP contribution in [0.3, 0.4) is 0 Å². The number of ketones is 1. The SMILES string of the molecule is CC1CCCCN1CC(=O)c1ccc(O)c(O)c1. The molecule has 1 heterocycles. The van der Waals surface area contributed by atoms with Crippen LogP contribution >= 0.6 is 0 Å². The van der Waals surface area contributed by atoms with Crippen LogP contribution in [0, 0.1) is 0 Å². The van der Waals surface area contributed by atoms with Gasteiger partial charge in [0.2, 0.25) is 0 Å². The Labute approximate surface area is 107 Å². The molecule has 98 valence electrons. The minimum atomic E-state index is -0.243. The number of hydrogen-bond donors (Lipinski definition) is 2. The summed E-state index contributed by atoms with van der Waals surface area (Å²) in [6.45, 7) is 3.48. The van der Waals surface area contributed by atoms with Crippen molar-refractivity contribution in [3.63, 3.8) is 0 Å². The van der Waals surface area contributed by atoms with Crippen molar-refractivity contribution in [3.8, 4) is 11.5 Å². The van der Waals surface area contributed by atoms with E-state index in [1.807, 2.05) is 0 Å².